The van der Waals surface area contributed by atoms with Gasteiger partial charge in [-0.1, -0.05) is 12.8 Å². The van der Waals surface area contributed by atoms with Gasteiger partial charge in [-0.05, 0) is 25.0 Å². The zero-order chi connectivity index (χ0) is 11.0. The number of nitrogens with zero attached hydrogens (tertiary/aromatic N) is 1. The van der Waals surface area contributed by atoms with Crippen molar-refractivity contribution >= 4 is 17.4 Å². The number of rotatable bonds is 0. The molecule has 1 aliphatic carbocycles. The van der Waals surface area contributed by atoms with Crippen LogP contribution in [0.4, 0.5) is 11.5 Å². The highest BCUT2D eigenvalue weighted by atomic mass is 16.1. The van der Waals surface area contributed by atoms with Crippen molar-refractivity contribution in [1.82, 2.24) is 4.98 Å². The third-order valence-corrected chi connectivity index (χ3v) is 3.52. The van der Waals surface area contributed by atoms with Crippen molar-refractivity contribution in [2.24, 2.45) is 0 Å². The molecule has 0 saturated heterocycles. The van der Waals surface area contributed by atoms with Crippen molar-refractivity contribution in [3.63, 3.8) is 0 Å². The lowest BCUT2D eigenvalue weighted by Gasteiger charge is -2.28. The predicted octanol–water partition coefficient (Wildman–Crippen LogP) is 2.15. The zero-order valence-corrected chi connectivity index (χ0v) is 9.12. The highest BCUT2D eigenvalue weighted by molar-refractivity contribution is 5.96. The van der Waals surface area contributed by atoms with E-state index in [1.165, 1.54) is 12.8 Å². The smallest absolute Gasteiger partial charge is 0.226 e. The van der Waals surface area contributed by atoms with Gasteiger partial charge < -0.3 is 10.6 Å². The molecule has 2 aliphatic rings. The molecule has 1 saturated carbocycles. The van der Waals surface area contributed by atoms with E-state index in [0.29, 0.717) is 6.42 Å². The van der Waals surface area contributed by atoms with Gasteiger partial charge in [0, 0.05) is 18.2 Å². The maximum absolute atomic E-state index is 11.8. The first-order valence-corrected chi connectivity index (χ1v) is 5.81. The van der Waals surface area contributed by atoms with Crippen LogP contribution in [0, 0.1) is 0 Å². The summed E-state index contributed by atoms with van der Waals surface area (Å²) in [7, 11) is 0. The second-order valence-corrected chi connectivity index (χ2v) is 4.74. The van der Waals surface area contributed by atoms with Crippen molar-refractivity contribution in [3.05, 3.63) is 18.3 Å². The standard InChI is InChI=1S/C12H15N3O/c16-10-8-12(5-1-2-6-12)15-11-9(14-10)4-3-7-13-11/h3-4,7H,1-2,5-6,8H2,(H,13,15)(H,14,16). The van der Waals surface area contributed by atoms with Gasteiger partial charge >= 0.3 is 0 Å². The van der Waals surface area contributed by atoms with Crippen molar-refractivity contribution < 1.29 is 4.79 Å². The Bertz CT molecular complexity index is 424. The summed E-state index contributed by atoms with van der Waals surface area (Å²) in [4.78, 5) is 16.1. The van der Waals surface area contributed by atoms with Crippen LogP contribution in [0.3, 0.4) is 0 Å². The monoisotopic (exact) mass is 217 g/mol. The minimum atomic E-state index is -0.0519. The van der Waals surface area contributed by atoms with Gasteiger partial charge in [-0.25, -0.2) is 4.98 Å². The Hall–Kier alpha value is -1.58. The Kier molecular flexibility index (Phi) is 2.09. The van der Waals surface area contributed by atoms with E-state index >= 15 is 0 Å². The number of aromatic nitrogens is 1. The molecule has 1 aromatic rings. The van der Waals surface area contributed by atoms with Gasteiger partial charge in [0.2, 0.25) is 5.91 Å². The number of hydrogen-bond acceptors (Lipinski definition) is 3. The summed E-state index contributed by atoms with van der Waals surface area (Å²) in [6.45, 7) is 0. The highest BCUT2D eigenvalue weighted by Gasteiger charge is 2.38. The molecule has 0 atom stereocenters. The van der Waals surface area contributed by atoms with Crippen molar-refractivity contribution in [3.8, 4) is 0 Å². The van der Waals surface area contributed by atoms with Crippen LogP contribution in [0.5, 0.6) is 0 Å². The fourth-order valence-corrected chi connectivity index (χ4v) is 2.76. The Morgan fingerprint density at radius 1 is 1.31 bits per heavy atom. The quantitative estimate of drug-likeness (QED) is 0.700. The topological polar surface area (TPSA) is 54.0 Å². The van der Waals surface area contributed by atoms with Crippen LogP contribution in [0.25, 0.3) is 0 Å². The van der Waals surface area contributed by atoms with E-state index in [1.54, 1.807) is 6.20 Å². The molecule has 0 radical (unpaired) electrons. The van der Waals surface area contributed by atoms with Gasteiger partial charge in [0.1, 0.15) is 5.82 Å². The van der Waals surface area contributed by atoms with E-state index in [2.05, 4.69) is 15.6 Å². The van der Waals surface area contributed by atoms with Gasteiger partial charge in [-0.3, -0.25) is 4.79 Å². The van der Waals surface area contributed by atoms with Crippen molar-refractivity contribution in [2.75, 3.05) is 10.6 Å². The normalized spacial score (nSPS) is 22.1. The second kappa shape index (κ2) is 3.47. The summed E-state index contributed by atoms with van der Waals surface area (Å²) in [5.41, 5.74) is 0.750. The van der Waals surface area contributed by atoms with E-state index in [9.17, 15) is 4.79 Å². The molecule has 1 aliphatic heterocycles. The molecule has 1 amide bonds. The Labute approximate surface area is 94.5 Å². The molecular formula is C12H15N3O. The average molecular weight is 217 g/mol. The van der Waals surface area contributed by atoms with Gasteiger partial charge in [0.25, 0.3) is 0 Å². The third kappa shape index (κ3) is 1.54. The molecule has 3 rings (SSSR count). The molecule has 0 bridgehead atoms. The van der Waals surface area contributed by atoms with Gasteiger partial charge in [0.15, 0.2) is 0 Å². The van der Waals surface area contributed by atoms with Crippen molar-refractivity contribution in [1.29, 1.82) is 0 Å². The molecule has 16 heavy (non-hydrogen) atoms. The fraction of sp³-hybridized carbons (Fsp3) is 0.500. The molecule has 4 nitrogen and oxygen atoms in total. The lowest BCUT2D eigenvalue weighted by atomic mass is 9.93. The van der Waals surface area contributed by atoms with E-state index < -0.39 is 0 Å². The number of carbonyl (C=O) groups is 1. The average Bonchev–Trinajstić information content (AvgIpc) is 2.62. The molecule has 4 heteroatoms. The lowest BCUT2D eigenvalue weighted by Crippen LogP contribution is -2.37. The van der Waals surface area contributed by atoms with E-state index in [1.807, 2.05) is 12.1 Å². The summed E-state index contributed by atoms with van der Waals surface area (Å²) < 4.78 is 0. The second-order valence-electron chi connectivity index (χ2n) is 4.74. The molecule has 2 heterocycles. The molecule has 0 unspecified atom stereocenters. The summed E-state index contributed by atoms with van der Waals surface area (Å²) in [5, 5.41) is 6.38. The molecule has 1 spiro atoms. The highest BCUT2D eigenvalue weighted by Crippen LogP contribution is 2.39. The summed E-state index contributed by atoms with van der Waals surface area (Å²) in [6.07, 6.45) is 6.84. The first-order valence-electron chi connectivity index (χ1n) is 5.81. The molecule has 1 aromatic heterocycles. The number of pyridine rings is 1. The number of fused-ring (bicyclic) bond motifs is 1. The largest absolute Gasteiger partial charge is 0.362 e. The number of anilines is 2. The Morgan fingerprint density at radius 2 is 2.12 bits per heavy atom. The number of hydrogen-bond donors (Lipinski definition) is 2. The molecular weight excluding hydrogens is 202 g/mol. The van der Waals surface area contributed by atoms with Crippen LogP contribution in [0.1, 0.15) is 32.1 Å². The van der Waals surface area contributed by atoms with Crippen LogP contribution in [0.15, 0.2) is 18.3 Å². The summed E-state index contributed by atoms with van der Waals surface area (Å²) in [6, 6.07) is 3.73. The maximum Gasteiger partial charge on any atom is 0.226 e. The van der Waals surface area contributed by atoms with E-state index in [0.717, 1.165) is 24.3 Å². The first kappa shape index (κ1) is 9.63. The van der Waals surface area contributed by atoms with Crippen molar-refractivity contribution in [2.45, 2.75) is 37.6 Å². The summed E-state index contributed by atoms with van der Waals surface area (Å²) >= 11 is 0. The zero-order valence-electron chi connectivity index (χ0n) is 9.12. The third-order valence-electron chi connectivity index (χ3n) is 3.52. The van der Waals surface area contributed by atoms with Gasteiger partial charge in [-0.15, -0.1) is 0 Å². The Morgan fingerprint density at radius 3 is 2.94 bits per heavy atom. The van der Waals surface area contributed by atoms with Crippen LogP contribution in [-0.2, 0) is 4.79 Å². The molecule has 1 fully saturated rings. The molecule has 0 aromatic carbocycles. The SMILES string of the molecule is O=C1CC2(CCCC2)Nc2ncccc2N1. The number of amides is 1. The van der Waals surface area contributed by atoms with Gasteiger partial charge in [0.05, 0.1) is 5.69 Å². The number of carbonyl (C=O) groups excluding carboxylic acids is 1. The first-order chi connectivity index (χ1) is 7.77. The maximum atomic E-state index is 11.8. The molecule has 84 valence electrons. The van der Waals surface area contributed by atoms with Crippen LogP contribution in [0.2, 0.25) is 0 Å². The van der Waals surface area contributed by atoms with E-state index in [4.69, 9.17) is 0 Å². The predicted molar refractivity (Wildman–Crippen MR) is 62.3 cm³/mol. The number of nitrogens with one attached hydrogen (secondary N) is 2. The minimum Gasteiger partial charge on any atom is -0.362 e. The Balaban J connectivity index is 2.00. The summed E-state index contributed by atoms with van der Waals surface area (Å²) in [5.74, 6) is 0.913. The lowest BCUT2D eigenvalue weighted by molar-refractivity contribution is -0.117. The van der Waals surface area contributed by atoms with Crippen LogP contribution < -0.4 is 10.6 Å². The van der Waals surface area contributed by atoms with Gasteiger partial charge in [-0.2, -0.15) is 0 Å². The molecule has 2 N–H and O–H groups in total. The minimum absolute atomic E-state index is 0.0519. The van der Waals surface area contributed by atoms with Crippen LogP contribution >= 0.6 is 0 Å². The van der Waals surface area contributed by atoms with E-state index in [-0.39, 0.29) is 11.4 Å². The fourth-order valence-electron chi connectivity index (χ4n) is 2.76. The van der Waals surface area contributed by atoms with Crippen LogP contribution in [-0.4, -0.2) is 16.4 Å².